The highest BCUT2D eigenvalue weighted by Gasteiger charge is 2.71. The van der Waals surface area contributed by atoms with Crippen molar-refractivity contribution in [3.8, 4) is 0 Å². The van der Waals surface area contributed by atoms with Gasteiger partial charge in [0.2, 0.25) is 0 Å². The van der Waals surface area contributed by atoms with E-state index in [2.05, 4.69) is 36.5 Å². The normalized spacial score (nSPS) is 46.5. The summed E-state index contributed by atoms with van der Waals surface area (Å²) < 4.78 is 57.6. The van der Waals surface area contributed by atoms with Crippen molar-refractivity contribution in [1.82, 2.24) is 0 Å². The number of rotatable bonds is 2. The summed E-state index contributed by atoms with van der Waals surface area (Å²) in [5.41, 5.74) is 1.65. The molecule has 4 aliphatic carbocycles. The molecule has 8 nitrogen and oxygen atoms in total. The van der Waals surface area contributed by atoms with Crippen LogP contribution in [0.1, 0.15) is 53.4 Å². The van der Waals surface area contributed by atoms with Gasteiger partial charge in [0, 0.05) is 22.7 Å². The van der Waals surface area contributed by atoms with Gasteiger partial charge in [0.05, 0.1) is 34.4 Å². The molecule has 4 fully saturated rings. The molecule has 2 heterocycles. The van der Waals surface area contributed by atoms with Crippen LogP contribution in [0.15, 0.2) is 18.8 Å². The van der Waals surface area contributed by atoms with Gasteiger partial charge in [-0.2, -0.15) is 8.80 Å². The Hall–Kier alpha value is -1.42. The number of sulfonamides is 2. The Kier molecular flexibility index (Phi) is 3.51. The SMILES string of the molecule is CC1(C)C2CCC13CS(=O)(=O)N=C3C2=NCN=C1C2=NS(=O)(=O)CC23CCC1C3(C)C. The summed E-state index contributed by atoms with van der Waals surface area (Å²) in [5.74, 6) is 0.544. The van der Waals surface area contributed by atoms with E-state index in [1.807, 2.05) is 0 Å². The van der Waals surface area contributed by atoms with Crippen LogP contribution >= 0.6 is 0 Å². The number of fused-ring (bicyclic) bond motifs is 2. The Morgan fingerprint density at radius 3 is 1.55 bits per heavy atom. The zero-order chi connectivity index (χ0) is 22.2. The lowest BCUT2D eigenvalue weighted by molar-refractivity contribution is 0.213. The molecule has 4 saturated carbocycles. The molecule has 31 heavy (non-hydrogen) atoms. The van der Waals surface area contributed by atoms with Crippen LogP contribution in [0.25, 0.3) is 0 Å². The third-order valence-electron chi connectivity index (χ3n) is 9.78. The average Bonchev–Trinajstić information content (AvgIpc) is 3.32. The van der Waals surface area contributed by atoms with Crippen LogP contribution < -0.4 is 0 Å². The maximum absolute atomic E-state index is 12.3. The zero-order valence-corrected chi connectivity index (χ0v) is 20.0. The molecule has 0 N–H and O–H groups in total. The van der Waals surface area contributed by atoms with Gasteiger partial charge in [-0.15, -0.1) is 0 Å². The van der Waals surface area contributed by atoms with Crippen LogP contribution in [0.3, 0.4) is 0 Å². The maximum Gasteiger partial charge on any atom is 0.254 e. The molecule has 0 saturated heterocycles. The Morgan fingerprint density at radius 1 is 0.774 bits per heavy atom. The maximum atomic E-state index is 12.3. The van der Waals surface area contributed by atoms with Crippen molar-refractivity contribution in [2.24, 2.45) is 52.3 Å². The molecule has 2 aliphatic heterocycles. The van der Waals surface area contributed by atoms with E-state index in [0.717, 1.165) is 37.1 Å². The van der Waals surface area contributed by atoms with E-state index in [0.29, 0.717) is 11.4 Å². The first-order chi connectivity index (χ1) is 14.3. The summed E-state index contributed by atoms with van der Waals surface area (Å²) in [7, 11) is -6.91. The van der Waals surface area contributed by atoms with E-state index in [4.69, 9.17) is 9.98 Å². The first-order valence-electron chi connectivity index (χ1n) is 11.0. The van der Waals surface area contributed by atoms with Crippen molar-refractivity contribution in [3.63, 3.8) is 0 Å². The minimum atomic E-state index is -3.46. The van der Waals surface area contributed by atoms with Crippen LogP contribution in [0.5, 0.6) is 0 Å². The fourth-order valence-corrected chi connectivity index (χ4v) is 11.7. The van der Waals surface area contributed by atoms with Crippen molar-refractivity contribution in [2.75, 3.05) is 18.2 Å². The van der Waals surface area contributed by atoms with E-state index in [9.17, 15) is 16.8 Å². The lowest BCUT2D eigenvalue weighted by Gasteiger charge is -2.33. The average molecular weight is 465 g/mol. The van der Waals surface area contributed by atoms with Gasteiger partial charge in [0.1, 0.15) is 6.67 Å². The highest BCUT2D eigenvalue weighted by Crippen LogP contribution is 2.66. The van der Waals surface area contributed by atoms with Crippen molar-refractivity contribution >= 4 is 42.9 Å². The summed E-state index contributed by atoms with van der Waals surface area (Å²) in [6.45, 7) is 8.70. The van der Waals surface area contributed by atoms with Gasteiger partial charge in [-0.3, -0.25) is 9.98 Å². The second-order valence-electron chi connectivity index (χ2n) is 11.4. The molecule has 6 aliphatic rings. The topological polar surface area (TPSA) is 118 Å². The van der Waals surface area contributed by atoms with Crippen LogP contribution in [-0.2, 0) is 20.0 Å². The van der Waals surface area contributed by atoms with Crippen LogP contribution in [-0.4, -0.2) is 57.9 Å². The summed E-state index contributed by atoms with van der Waals surface area (Å²) in [6.07, 6.45) is 3.51. The molecule has 10 heteroatoms. The first-order valence-corrected chi connectivity index (χ1v) is 14.2. The van der Waals surface area contributed by atoms with Gasteiger partial charge < -0.3 is 0 Å². The van der Waals surface area contributed by atoms with E-state index in [1.54, 1.807) is 0 Å². The molecular formula is C21H28N4O4S2. The van der Waals surface area contributed by atoms with Crippen LogP contribution in [0, 0.1) is 33.5 Å². The Labute approximate surface area is 183 Å². The van der Waals surface area contributed by atoms with Crippen molar-refractivity contribution in [2.45, 2.75) is 53.4 Å². The van der Waals surface area contributed by atoms with Crippen molar-refractivity contribution < 1.29 is 16.8 Å². The molecule has 6 rings (SSSR count). The molecule has 168 valence electrons. The third kappa shape index (κ3) is 2.16. The fourth-order valence-electron chi connectivity index (χ4n) is 7.88. The zero-order valence-electron chi connectivity index (χ0n) is 18.3. The molecule has 0 aromatic heterocycles. The second kappa shape index (κ2) is 5.38. The smallest absolute Gasteiger partial charge is 0.254 e. The minimum absolute atomic E-state index is 0.0832. The monoisotopic (exact) mass is 464 g/mol. The van der Waals surface area contributed by atoms with Crippen molar-refractivity contribution in [1.29, 1.82) is 0 Å². The standard InChI is InChI=1S/C21H28N4O4S2/c1-18(2)12-5-7-20(18)9-30(26,27)24-16(20)14(12)22-11-23-15-13-6-8-21(19(13,3)4)10-31(28,29)25-17(15)21/h12-13H,5-11H2,1-4H3. The lowest BCUT2D eigenvalue weighted by Crippen LogP contribution is -2.38. The Balaban J connectivity index is 1.39. The second-order valence-corrected chi connectivity index (χ2v) is 14.6. The number of aliphatic imine (C=N–C) groups is 2. The Bertz CT molecular complexity index is 1170. The molecule has 4 unspecified atom stereocenters. The summed E-state index contributed by atoms with van der Waals surface area (Å²) >= 11 is 0. The molecule has 0 amide bonds. The lowest BCUT2D eigenvalue weighted by atomic mass is 9.70. The highest BCUT2D eigenvalue weighted by molar-refractivity contribution is 7.91. The van der Waals surface area contributed by atoms with E-state index in [-0.39, 0.29) is 40.8 Å². The molecule has 0 aromatic rings. The number of hydrogen-bond acceptors (Lipinski definition) is 6. The third-order valence-corrected chi connectivity index (χ3v) is 12.4. The first kappa shape index (κ1) is 20.2. The molecule has 0 radical (unpaired) electrons. The van der Waals surface area contributed by atoms with Gasteiger partial charge in [0.15, 0.2) is 0 Å². The largest absolute Gasteiger partial charge is 0.264 e. The molecular weight excluding hydrogens is 436 g/mol. The van der Waals surface area contributed by atoms with Gasteiger partial charge in [-0.1, -0.05) is 27.7 Å². The number of nitrogens with zero attached hydrogens (tertiary/aromatic N) is 4. The molecule has 4 bridgehead atoms. The van der Waals surface area contributed by atoms with E-state index in [1.165, 1.54) is 0 Å². The molecule has 4 atom stereocenters. The highest BCUT2D eigenvalue weighted by atomic mass is 32.2. The van der Waals surface area contributed by atoms with Crippen LogP contribution in [0.2, 0.25) is 0 Å². The molecule has 0 aromatic carbocycles. The van der Waals surface area contributed by atoms with Crippen molar-refractivity contribution in [3.05, 3.63) is 0 Å². The van der Waals surface area contributed by atoms with Gasteiger partial charge in [-0.05, 0) is 36.5 Å². The van der Waals surface area contributed by atoms with Gasteiger partial charge >= 0.3 is 0 Å². The summed E-state index contributed by atoms with van der Waals surface area (Å²) in [6, 6.07) is 0. The fraction of sp³-hybridized carbons (Fsp3) is 0.810. The predicted octanol–water partition coefficient (Wildman–Crippen LogP) is 2.27. The predicted molar refractivity (Wildman–Crippen MR) is 120 cm³/mol. The van der Waals surface area contributed by atoms with E-state index < -0.39 is 30.9 Å². The van der Waals surface area contributed by atoms with Crippen LogP contribution in [0.4, 0.5) is 0 Å². The summed E-state index contributed by atoms with van der Waals surface area (Å²) in [5, 5.41) is 0. The quantitative estimate of drug-likeness (QED) is 0.623. The van der Waals surface area contributed by atoms with E-state index >= 15 is 0 Å². The minimum Gasteiger partial charge on any atom is -0.264 e. The number of hydrogen-bond donors (Lipinski definition) is 0. The molecule has 2 spiro atoms. The van der Waals surface area contributed by atoms with Gasteiger partial charge in [-0.25, -0.2) is 16.8 Å². The van der Waals surface area contributed by atoms with Gasteiger partial charge in [0.25, 0.3) is 20.0 Å². The summed E-state index contributed by atoms with van der Waals surface area (Å²) in [4.78, 5) is 9.55. The Morgan fingerprint density at radius 2 is 1.16 bits per heavy atom.